The second-order valence-corrected chi connectivity index (χ2v) is 4.58. The van der Waals surface area contributed by atoms with Crippen LogP contribution in [0.15, 0.2) is 16.6 Å². The highest BCUT2D eigenvalue weighted by Gasteiger charge is 2.21. The number of halogens is 1. The zero-order valence-electron chi connectivity index (χ0n) is 10.7. The summed E-state index contributed by atoms with van der Waals surface area (Å²) in [6, 6.07) is 2.13. The Morgan fingerprint density at radius 3 is 2.42 bits per heavy atom. The van der Waals surface area contributed by atoms with Crippen molar-refractivity contribution in [2.75, 3.05) is 14.2 Å². The summed E-state index contributed by atoms with van der Waals surface area (Å²) in [5.41, 5.74) is 0.196. The largest absolute Gasteiger partial charge is 0.497 e. The highest BCUT2D eigenvalue weighted by Crippen LogP contribution is 2.33. The molecule has 0 fully saturated rings. The fraction of sp³-hybridized carbons (Fsp3) is 0.333. The summed E-state index contributed by atoms with van der Waals surface area (Å²) < 4.78 is 10.7. The zero-order valence-corrected chi connectivity index (χ0v) is 12.3. The van der Waals surface area contributed by atoms with Gasteiger partial charge < -0.3 is 19.9 Å². The monoisotopic (exact) mass is 331 g/mol. The third-order valence-corrected chi connectivity index (χ3v) is 3.01. The first-order chi connectivity index (χ1) is 8.90. The predicted molar refractivity (Wildman–Crippen MR) is 71.8 cm³/mol. The Morgan fingerprint density at radius 2 is 1.95 bits per heavy atom. The fourth-order valence-corrected chi connectivity index (χ4v) is 2.00. The number of hydrogen-bond donors (Lipinski definition) is 2. The van der Waals surface area contributed by atoms with E-state index >= 15 is 0 Å². The van der Waals surface area contributed by atoms with Crippen molar-refractivity contribution in [3.05, 3.63) is 22.2 Å². The first-order valence-electron chi connectivity index (χ1n) is 5.35. The summed E-state index contributed by atoms with van der Waals surface area (Å²) in [5, 5.41) is 11.1. The number of amides is 1. The number of aliphatic carboxylic acids is 1. The molecule has 1 amide bonds. The van der Waals surface area contributed by atoms with Crippen molar-refractivity contribution >= 4 is 27.8 Å². The van der Waals surface area contributed by atoms with Crippen molar-refractivity contribution in [3.8, 4) is 11.5 Å². The lowest BCUT2D eigenvalue weighted by Gasteiger charge is -2.14. The smallest absolute Gasteiger partial charge is 0.325 e. The number of nitrogens with one attached hydrogen (secondary N) is 1. The first-order valence-corrected chi connectivity index (χ1v) is 6.15. The van der Waals surface area contributed by atoms with Crippen LogP contribution in [0, 0.1) is 0 Å². The summed E-state index contributed by atoms with van der Waals surface area (Å²) in [5.74, 6) is -0.891. The van der Waals surface area contributed by atoms with Crippen LogP contribution in [0.1, 0.15) is 17.3 Å². The van der Waals surface area contributed by atoms with Crippen molar-refractivity contribution in [2.24, 2.45) is 0 Å². The molecule has 7 heteroatoms. The number of ether oxygens (including phenoxy) is 2. The molecule has 0 aliphatic carbocycles. The predicted octanol–water partition coefficient (Wildman–Crippen LogP) is 1.67. The second-order valence-electron chi connectivity index (χ2n) is 3.72. The van der Waals surface area contributed by atoms with E-state index in [-0.39, 0.29) is 5.56 Å². The summed E-state index contributed by atoms with van der Waals surface area (Å²) >= 11 is 3.26. The van der Waals surface area contributed by atoms with Crippen LogP contribution in [0.25, 0.3) is 0 Å². The van der Waals surface area contributed by atoms with Gasteiger partial charge in [0.2, 0.25) is 0 Å². The minimum absolute atomic E-state index is 0.196. The van der Waals surface area contributed by atoms with Crippen LogP contribution in [-0.2, 0) is 4.79 Å². The maximum Gasteiger partial charge on any atom is 0.325 e. The van der Waals surface area contributed by atoms with Crippen molar-refractivity contribution < 1.29 is 24.2 Å². The Kier molecular flexibility index (Phi) is 5.17. The number of carboxylic acid groups (broad SMARTS) is 1. The van der Waals surface area contributed by atoms with E-state index < -0.39 is 17.9 Å². The van der Waals surface area contributed by atoms with E-state index in [9.17, 15) is 9.59 Å². The van der Waals surface area contributed by atoms with Gasteiger partial charge in [-0.25, -0.2) is 0 Å². The molecular weight excluding hydrogens is 318 g/mol. The molecule has 0 spiro atoms. The molecule has 0 saturated carbocycles. The summed E-state index contributed by atoms with van der Waals surface area (Å²) in [6.45, 7) is 1.38. The van der Waals surface area contributed by atoms with Gasteiger partial charge in [-0.05, 0) is 35.0 Å². The van der Waals surface area contributed by atoms with Crippen LogP contribution in [0.2, 0.25) is 0 Å². The molecule has 1 atom stereocenters. The van der Waals surface area contributed by atoms with E-state index in [0.717, 1.165) is 0 Å². The zero-order chi connectivity index (χ0) is 14.6. The van der Waals surface area contributed by atoms with Gasteiger partial charge in [-0.2, -0.15) is 0 Å². The van der Waals surface area contributed by atoms with Crippen LogP contribution >= 0.6 is 15.9 Å². The standard InChI is InChI=1S/C12H14BrNO5/c1-6(12(16)17)14-11(15)8-4-7(18-2)5-9(13)10(8)19-3/h4-6H,1-3H3,(H,14,15)(H,16,17)/t6-/m1/s1. The molecule has 0 heterocycles. The average molecular weight is 332 g/mol. The SMILES string of the molecule is COc1cc(Br)c(OC)c(C(=O)N[C@H](C)C(=O)O)c1. The van der Waals surface area contributed by atoms with Gasteiger partial charge in [0.25, 0.3) is 5.91 Å². The third kappa shape index (κ3) is 3.60. The fourth-order valence-electron chi connectivity index (χ4n) is 1.40. The van der Waals surface area contributed by atoms with Crippen LogP contribution < -0.4 is 14.8 Å². The van der Waals surface area contributed by atoms with E-state index in [1.165, 1.54) is 27.2 Å². The molecule has 1 aromatic carbocycles. The van der Waals surface area contributed by atoms with Gasteiger partial charge in [0.15, 0.2) is 0 Å². The molecule has 0 radical (unpaired) electrons. The highest BCUT2D eigenvalue weighted by molar-refractivity contribution is 9.10. The topological polar surface area (TPSA) is 84.9 Å². The molecule has 0 saturated heterocycles. The number of rotatable bonds is 5. The molecule has 0 aliphatic rings. The average Bonchev–Trinajstić information content (AvgIpc) is 2.37. The number of benzene rings is 1. The van der Waals surface area contributed by atoms with Gasteiger partial charge in [0.05, 0.1) is 24.3 Å². The van der Waals surface area contributed by atoms with E-state index in [0.29, 0.717) is 16.0 Å². The van der Waals surface area contributed by atoms with Crippen molar-refractivity contribution in [2.45, 2.75) is 13.0 Å². The Bertz CT molecular complexity index is 503. The van der Waals surface area contributed by atoms with Crippen LogP contribution in [0.5, 0.6) is 11.5 Å². The molecule has 6 nitrogen and oxygen atoms in total. The molecule has 1 aromatic rings. The Morgan fingerprint density at radius 1 is 1.32 bits per heavy atom. The highest BCUT2D eigenvalue weighted by atomic mass is 79.9. The lowest BCUT2D eigenvalue weighted by Crippen LogP contribution is -2.38. The normalized spacial score (nSPS) is 11.6. The Labute approximate surface area is 118 Å². The number of carbonyl (C=O) groups is 2. The maximum atomic E-state index is 12.0. The van der Waals surface area contributed by atoms with Crippen molar-refractivity contribution in [1.82, 2.24) is 5.32 Å². The summed E-state index contributed by atoms with van der Waals surface area (Å²) in [7, 11) is 2.89. The molecule has 0 aliphatic heterocycles. The maximum absolute atomic E-state index is 12.0. The molecule has 2 N–H and O–H groups in total. The molecule has 0 unspecified atom stereocenters. The van der Waals surface area contributed by atoms with E-state index in [4.69, 9.17) is 14.6 Å². The molecule has 0 bridgehead atoms. The van der Waals surface area contributed by atoms with Gasteiger partial charge in [-0.3, -0.25) is 9.59 Å². The van der Waals surface area contributed by atoms with Gasteiger partial charge >= 0.3 is 5.97 Å². The van der Waals surface area contributed by atoms with Crippen molar-refractivity contribution in [1.29, 1.82) is 0 Å². The van der Waals surface area contributed by atoms with Crippen molar-refractivity contribution in [3.63, 3.8) is 0 Å². The van der Waals surface area contributed by atoms with Crippen LogP contribution in [-0.4, -0.2) is 37.2 Å². The van der Waals surface area contributed by atoms with E-state index in [1.807, 2.05) is 0 Å². The van der Waals surface area contributed by atoms with E-state index in [1.54, 1.807) is 6.07 Å². The first kappa shape index (κ1) is 15.3. The number of carbonyl (C=O) groups excluding carboxylic acids is 1. The minimum atomic E-state index is -1.12. The number of methoxy groups -OCH3 is 2. The van der Waals surface area contributed by atoms with Gasteiger partial charge in [0, 0.05) is 0 Å². The summed E-state index contributed by atoms with van der Waals surface area (Å²) in [6.07, 6.45) is 0. The number of carboxylic acids is 1. The Balaban J connectivity index is 3.13. The Hall–Kier alpha value is -1.76. The minimum Gasteiger partial charge on any atom is -0.497 e. The third-order valence-electron chi connectivity index (χ3n) is 2.42. The van der Waals surface area contributed by atoms with Gasteiger partial charge in [0.1, 0.15) is 17.5 Å². The van der Waals surface area contributed by atoms with Crippen LogP contribution in [0.3, 0.4) is 0 Å². The number of hydrogen-bond acceptors (Lipinski definition) is 4. The molecule has 0 aromatic heterocycles. The lowest BCUT2D eigenvalue weighted by molar-refractivity contribution is -0.138. The molecular formula is C12H14BrNO5. The molecule has 19 heavy (non-hydrogen) atoms. The lowest BCUT2D eigenvalue weighted by atomic mass is 10.1. The van der Waals surface area contributed by atoms with Gasteiger partial charge in [-0.15, -0.1) is 0 Å². The molecule has 1 rings (SSSR count). The summed E-state index contributed by atoms with van der Waals surface area (Å²) in [4.78, 5) is 22.8. The van der Waals surface area contributed by atoms with Gasteiger partial charge in [-0.1, -0.05) is 0 Å². The van der Waals surface area contributed by atoms with Crippen LogP contribution in [0.4, 0.5) is 0 Å². The molecule has 104 valence electrons. The quantitative estimate of drug-likeness (QED) is 0.857. The van der Waals surface area contributed by atoms with E-state index in [2.05, 4.69) is 21.2 Å². The second kappa shape index (κ2) is 6.42.